The number of likely N-dealkylation sites (tertiary alicyclic amines) is 1. The molecule has 124 valence electrons. The highest BCUT2D eigenvalue weighted by molar-refractivity contribution is 7.09. The molecule has 1 amide bonds. The number of ether oxygens (including phenoxy) is 1. The molecule has 1 aliphatic heterocycles. The molecule has 2 aromatic heterocycles. The monoisotopic (exact) mass is 334 g/mol. The molecule has 3 heterocycles. The van der Waals surface area contributed by atoms with E-state index in [0.717, 1.165) is 35.9 Å². The molecule has 0 bridgehead atoms. The van der Waals surface area contributed by atoms with Crippen LogP contribution in [0.15, 0.2) is 21.9 Å². The van der Waals surface area contributed by atoms with Crippen molar-refractivity contribution in [3.05, 3.63) is 39.7 Å². The molecule has 0 unspecified atom stereocenters. The van der Waals surface area contributed by atoms with Gasteiger partial charge in [-0.3, -0.25) is 4.79 Å². The third-order valence-corrected chi connectivity index (χ3v) is 5.08. The molecule has 3 rings (SSSR count). The van der Waals surface area contributed by atoms with Gasteiger partial charge >= 0.3 is 0 Å². The number of amides is 1. The van der Waals surface area contributed by atoms with E-state index in [1.165, 1.54) is 11.3 Å². The van der Waals surface area contributed by atoms with Gasteiger partial charge < -0.3 is 14.1 Å². The zero-order chi connectivity index (χ0) is 16.4. The molecule has 2 aromatic rings. The number of piperidine rings is 1. The Morgan fingerprint density at radius 2 is 2.35 bits per heavy atom. The van der Waals surface area contributed by atoms with Crippen LogP contribution in [-0.4, -0.2) is 29.4 Å². The summed E-state index contributed by atoms with van der Waals surface area (Å²) in [6.07, 6.45) is 1.94. The number of furan rings is 1. The van der Waals surface area contributed by atoms with Crippen molar-refractivity contribution < 1.29 is 13.9 Å². The number of thiazole rings is 1. The first-order valence-electron chi connectivity index (χ1n) is 7.89. The quantitative estimate of drug-likeness (QED) is 0.853. The SMILES string of the molecule is COCc1nc(C(=O)N2CC[C@H](C)C[C@H]2c2ccc(C)o2)cs1. The number of methoxy groups -OCH3 is 1. The van der Waals surface area contributed by atoms with E-state index in [0.29, 0.717) is 18.2 Å². The Morgan fingerprint density at radius 1 is 1.52 bits per heavy atom. The van der Waals surface area contributed by atoms with Crippen molar-refractivity contribution in [1.29, 1.82) is 0 Å². The molecule has 0 spiro atoms. The largest absolute Gasteiger partial charge is 0.464 e. The molecule has 6 heteroatoms. The van der Waals surface area contributed by atoms with Gasteiger partial charge in [0.05, 0.1) is 12.6 Å². The number of hydrogen-bond acceptors (Lipinski definition) is 5. The third-order valence-electron chi connectivity index (χ3n) is 4.25. The van der Waals surface area contributed by atoms with Gasteiger partial charge in [-0.05, 0) is 37.8 Å². The summed E-state index contributed by atoms with van der Waals surface area (Å²) in [6, 6.07) is 3.93. The van der Waals surface area contributed by atoms with Crippen molar-refractivity contribution in [2.75, 3.05) is 13.7 Å². The first-order chi connectivity index (χ1) is 11.1. The number of carbonyl (C=O) groups excluding carboxylic acids is 1. The van der Waals surface area contributed by atoms with E-state index in [1.54, 1.807) is 7.11 Å². The minimum atomic E-state index is -0.0189. The van der Waals surface area contributed by atoms with Crippen molar-refractivity contribution >= 4 is 17.2 Å². The fraction of sp³-hybridized carbons (Fsp3) is 0.529. The minimum Gasteiger partial charge on any atom is -0.464 e. The normalized spacial score (nSPS) is 21.6. The molecular formula is C17H22N2O3S. The van der Waals surface area contributed by atoms with Crippen molar-refractivity contribution in [2.45, 2.75) is 39.3 Å². The van der Waals surface area contributed by atoms with Crippen molar-refractivity contribution in [1.82, 2.24) is 9.88 Å². The zero-order valence-corrected chi connectivity index (χ0v) is 14.6. The van der Waals surface area contributed by atoms with Crippen LogP contribution in [0.3, 0.4) is 0 Å². The number of hydrogen-bond donors (Lipinski definition) is 0. The molecule has 1 aliphatic rings. The molecular weight excluding hydrogens is 312 g/mol. The van der Waals surface area contributed by atoms with Gasteiger partial charge in [0.25, 0.3) is 5.91 Å². The molecule has 1 fully saturated rings. The number of aromatic nitrogens is 1. The predicted octanol–water partition coefficient (Wildman–Crippen LogP) is 3.80. The van der Waals surface area contributed by atoms with Crippen molar-refractivity contribution in [3.63, 3.8) is 0 Å². The standard InChI is InChI=1S/C17H22N2O3S/c1-11-6-7-19(14(8-11)15-5-4-12(2)22-15)17(20)13-10-23-16(18-13)9-21-3/h4-5,10-11,14H,6-9H2,1-3H3/t11-,14-/m0/s1. The lowest BCUT2D eigenvalue weighted by Gasteiger charge is -2.37. The average molecular weight is 334 g/mol. The Kier molecular flexibility index (Phi) is 4.82. The highest BCUT2D eigenvalue weighted by Crippen LogP contribution is 2.35. The second kappa shape index (κ2) is 6.84. The van der Waals surface area contributed by atoms with Crippen molar-refractivity contribution in [3.8, 4) is 0 Å². The van der Waals surface area contributed by atoms with E-state index in [4.69, 9.17) is 9.15 Å². The van der Waals surface area contributed by atoms with Crippen LogP contribution in [0.1, 0.15) is 52.8 Å². The Bertz CT molecular complexity index is 679. The van der Waals surface area contributed by atoms with Gasteiger partial charge in [0.1, 0.15) is 22.2 Å². The van der Waals surface area contributed by atoms with Gasteiger partial charge in [0.15, 0.2) is 0 Å². The Morgan fingerprint density at radius 3 is 3.04 bits per heavy atom. The average Bonchev–Trinajstić information content (AvgIpc) is 3.16. The molecule has 0 N–H and O–H groups in total. The van der Waals surface area contributed by atoms with E-state index in [-0.39, 0.29) is 11.9 Å². The fourth-order valence-electron chi connectivity index (χ4n) is 3.03. The molecule has 0 aromatic carbocycles. The Hall–Kier alpha value is -1.66. The van der Waals surface area contributed by atoms with E-state index < -0.39 is 0 Å². The maximum Gasteiger partial charge on any atom is 0.273 e. The number of rotatable bonds is 4. The second-order valence-corrected chi connectivity index (χ2v) is 7.09. The molecule has 1 saturated heterocycles. The molecule has 5 nitrogen and oxygen atoms in total. The van der Waals surface area contributed by atoms with E-state index in [9.17, 15) is 4.79 Å². The summed E-state index contributed by atoms with van der Waals surface area (Å²) in [6.45, 7) is 5.33. The molecule has 23 heavy (non-hydrogen) atoms. The summed E-state index contributed by atoms with van der Waals surface area (Å²) in [5.41, 5.74) is 0.505. The number of aryl methyl sites for hydroxylation is 1. The number of carbonyl (C=O) groups is 1. The van der Waals surface area contributed by atoms with Gasteiger partial charge in [-0.2, -0.15) is 0 Å². The highest BCUT2D eigenvalue weighted by Gasteiger charge is 2.34. The van der Waals surface area contributed by atoms with Crippen LogP contribution in [0, 0.1) is 12.8 Å². The molecule has 0 saturated carbocycles. The Balaban J connectivity index is 1.83. The van der Waals surface area contributed by atoms with Crippen molar-refractivity contribution in [2.24, 2.45) is 5.92 Å². The van der Waals surface area contributed by atoms with Crippen LogP contribution in [0.5, 0.6) is 0 Å². The van der Waals surface area contributed by atoms with E-state index in [1.807, 2.05) is 29.3 Å². The lowest BCUT2D eigenvalue weighted by molar-refractivity contribution is 0.0513. The first kappa shape index (κ1) is 16.2. The maximum absolute atomic E-state index is 12.9. The van der Waals surface area contributed by atoms with Gasteiger partial charge in [-0.15, -0.1) is 11.3 Å². The third kappa shape index (κ3) is 3.48. The van der Waals surface area contributed by atoms with Crippen LogP contribution < -0.4 is 0 Å². The molecule has 2 atom stereocenters. The second-order valence-electron chi connectivity index (χ2n) is 6.15. The van der Waals surface area contributed by atoms with Crippen LogP contribution in [0.4, 0.5) is 0 Å². The topological polar surface area (TPSA) is 55.6 Å². The summed E-state index contributed by atoms with van der Waals surface area (Å²) in [5.74, 6) is 2.31. The zero-order valence-electron chi connectivity index (χ0n) is 13.7. The number of nitrogens with zero attached hydrogens (tertiary/aromatic N) is 2. The van der Waals surface area contributed by atoms with Crippen LogP contribution in [-0.2, 0) is 11.3 Å². The van der Waals surface area contributed by atoms with E-state index in [2.05, 4.69) is 11.9 Å². The first-order valence-corrected chi connectivity index (χ1v) is 8.77. The van der Waals surface area contributed by atoms with Gasteiger partial charge in [0, 0.05) is 19.0 Å². The molecule has 0 aliphatic carbocycles. The van der Waals surface area contributed by atoms with Gasteiger partial charge in [-0.25, -0.2) is 4.98 Å². The lowest BCUT2D eigenvalue weighted by Crippen LogP contribution is -2.40. The highest BCUT2D eigenvalue weighted by atomic mass is 32.1. The fourth-order valence-corrected chi connectivity index (χ4v) is 3.77. The van der Waals surface area contributed by atoms with Crippen LogP contribution in [0.2, 0.25) is 0 Å². The van der Waals surface area contributed by atoms with E-state index >= 15 is 0 Å². The van der Waals surface area contributed by atoms with Crippen LogP contribution in [0.25, 0.3) is 0 Å². The minimum absolute atomic E-state index is 0.00692. The lowest BCUT2D eigenvalue weighted by atomic mass is 9.91. The predicted molar refractivity (Wildman–Crippen MR) is 88.4 cm³/mol. The summed E-state index contributed by atoms with van der Waals surface area (Å²) in [4.78, 5) is 19.2. The summed E-state index contributed by atoms with van der Waals surface area (Å²) in [7, 11) is 1.63. The Labute approximate surface area is 140 Å². The summed E-state index contributed by atoms with van der Waals surface area (Å²) >= 11 is 1.46. The maximum atomic E-state index is 12.9. The summed E-state index contributed by atoms with van der Waals surface area (Å²) < 4.78 is 10.9. The van der Waals surface area contributed by atoms with Crippen LogP contribution >= 0.6 is 11.3 Å². The molecule has 0 radical (unpaired) electrons. The summed E-state index contributed by atoms with van der Waals surface area (Å²) in [5, 5.41) is 2.64. The van der Waals surface area contributed by atoms with Gasteiger partial charge in [-0.1, -0.05) is 6.92 Å². The van der Waals surface area contributed by atoms with Gasteiger partial charge in [0.2, 0.25) is 0 Å². The smallest absolute Gasteiger partial charge is 0.273 e.